The first kappa shape index (κ1) is 23.4. The Morgan fingerprint density at radius 1 is 1.06 bits per heavy atom. The van der Waals surface area contributed by atoms with Crippen LogP contribution in [0.15, 0.2) is 42.5 Å². The molecule has 7 heteroatoms. The molecule has 1 aliphatic rings. The SMILES string of the molecule is COc1ccc(OC)c(C2CCCN2C(=O)c2ccc(CNC(=O)OC(C)(C)C)cc2)c1. The smallest absolute Gasteiger partial charge is 0.407 e. The molecule has 1 aliphatic heterocycles. The molecule has 0 aliphatic carbocycles. The van der Waals surface area contributed by atoms with Crippen LogP contribution in [0.3, 0.4) is 0 Å². The van der Waals surface area contributed by atoms with Gasteiger partial charge in [0.05, 0.1) is 20.3 Å². The fourth-order valence-electron chi connectivity index (χ4n) is 3.85. The Morgan fingerprint density at radius 2 is 1.78 bits per heavy atom. The zero-order valence-electron chi connectivity index (χ0n) is 19.4. The maximum absolute atomic E-state index is 13.3. The van der Waals surface area contributed by atoms with Gasteiger partial charge in [-0.05, 0) is 69.5 Å². The molecule has 1 fully saturated rings. The van der Waals surface area contributed by atoms with Crippen LogP contribution in [0.2, 0.25) is 0 Å². The van der Waals surface area contributed by atoms with Gasteiger partial charge in [-0.1, -0.05) is 12.1 Å². The van der Waals surface area contributed by atoms with Crippen molar-refractivity contribution < 1.29 is 23.8 Å². The number of amides is 2. The van der Waals surface area contributed by atoms with Crippen LogP contribution in [0.5, 0.6) is 11.5 Å². The maximum atomic E-state index is 13.3. The van der Waals surface area contributed by atoms with Crippen molar-refractivity contribution in [3.05, 3.63) is 59.2 Å². The highest BCUT2D eigenvalue weighted by Crippen LogP contribution is 2.39. The van der Waals surface area contributed by atoms with Crippen LogP contribution in [0.25, 0.3) is 0 Å². The first-order valence-electron chi connectivity index (χ1n) is 10.8. The van der Waals surface area contributed by atoms with Gasteiger partial charge in [-0.25, -0.2) is 4.79 Å². The van der Waals surface area contributed by atoms with Crippen LogP contribution in [-0.4, -0.2) is 43.3 Å². The summed E-state index contributed by atoms with van der Waals surface area (Å²) in [4.78, 5) is 27.0. The molecule has 2 amide bonds. The predicted molar refractivity (Wildman–Crippen MR) is 122 cm³/mol. The topological polar surface area (TPSA) is 77.1 Å². The largest absolute Gasteiger partial charge is 0.497 e. The normalized spacial score (nSPS) is 15.9. The molecule has 172 valence electrons. The molecule has 7 nitrogen and oxygen atoms in total. The number of alkyl carbamates (subject to hydrolysis) is 1. The van der Waals surface area contributed by atoms with Gasteiger partial charge in [0.15, 0.2) is 0 Å². The minimum Gasteiger partial charge on any atom is -0.497 e. The Bertz CT molecular complexity index is 950. The average Bonchev–Trinajstić information content (AvgIpc) is 3.25. The molecule has 32 heavy (non-hydrogen) atoms. The number of rotatable bonds is 6. The summed E-state index contributed by atoms with van der Waals surface area (Å²) in [6, 6.07) is 12.9. The minimum absolute atomic E-state index is 0.0241. The van der Waals surface area contributed by atoms with E-state index >= 15 is 0 Å². The van der Waals surface area contributed by atoms with Crippen LogP contribution >= 0.6 is 0 Å². The molecule has 0 aromatic heterocycles. The van der Waals surface area contributed by atoms with Crippen LogP contribution in [-0.2, 0) is 11.3 Å². The van der Waals surface area contributed by atoms with Crippen LogP contribution in [0.1, 0.15) is 61.1 Å². The van der Waals surface area contributed by atoms with E-state index < -0.39 is 11.7 Å². The molecular weight excluding hydrogens is 408 g/mol. The molecule has 1 unspecified atom stereocenters. The van der Waals surface area contributed by atoms with Gasteiger partial charge in [-0.15, -0.1) is 0 Å². The summed E-state index contributed by atoms with van der Waals surface area (Å²) in [7, 11) is 3.26. The van der Waals surface area contributed by atoms with Gasteiger partial charge in [-0.3, -0.25) is 4.79 Å². The molecule has 0 spiro atoms. The van der Waals surface area contributed by atoms with E-state index in [1.165, 1.54) is 0 Å². The quantitative estimate of drug-likeness (QED) is 0.704. The van der Waals surface area contributed by atoms with E-state index in [0.717, 1.165) is 35.5 Å². The molecule has 2 aromatic rings. The first-order valence-corrected chi connectivity index (χ1v) is 10.8. The molecule has 1 heterocycles. The number of ether oxygens (including phenoxy) is 3. The number of carbonyl (C=O) groups excluding carboxylic acids is 2. The number of likely N-dealkylation sites (tertiary alicyclic amines) is 1. The van der Waals surface area contributed by atoms with Crippen molar-refractivity contribution in [1.29, 1.82) is 0 Å². The lowest BCUT2D eigenvalue weighted by atomic mass is 10.0. The van der Waals surface area contributed by atoms with Crippen molar-refractivity contribution in [3.63, 3.8) is 0 Å². The number of hydrogen-bond donors (Lipinski definition) is 1. The lowest BCUT2D eigenvalue weighted by molar-refractivity contribution is 0.0523. The highest BCUT2D eigenvalue weighted by molar-refractivity contribution is 5.94. The minimum atomic E-state index is -0.544. The Kier molecular flexibility index (Phi) is 7.28. The van der Waals surface area contributed by atoms with Crippen LogP contribution in [0, 0.1) is 0 Å². The molecule has 1 saturated heterocycles. The summed E-state index contributed by atoms with van der Waals surface area (Å²) >= 11 is 0. The van der Waals surface area contributed by atoms with Gasteiger partial charge < -0.3 is 24.4 Å². The molecule has 3 rings (SSSR count). The van der Waals surface area contributed by atoms with Gasteiger partial charge in [0.1, 0.15) is 17.1 Å². The standard InChI is InChI=1S/C25H32N2O5/c1-25(2,3)32-24(29)26-16-17-8-10-18(11-9-17)23(28)27-14-6-7-21(27)20-15-19(30-4)12-13-22(20)31-5/h8-13,15,21H,6-7,14,16H2,1-5H3,(H,26,29). The van der Waals surface area contributed by atoms with E-state index in [4.69, 9.17) is 14.2 Å². The van der Waals surface area contributed by atoms with E-state index in [2.05, 4.69) is 5.32 Å². The van der Waals surface area contributed by atoms with Crippen molar-refractivity contribution in [3.8, 4) is 11.5 Å². The molecule has 0 saturated carbocycles. The number of nitrogens with one attached hydrogen (secondary N) is 1. The summed E-state index contributed by atoms with van der Waals surface area (Å²) in [5, 5.41) is 2.73. The Morgan fingerprint density at radius 3 is 2.41 bits per heavy atom. The third-order valence-electron chi connectivity index (χ3n) is 5.35. The lowest BCUT2D eigenvalue weighted by Crippen LogP contribution is -2.32. The molecule has 0 radical (unpaired) electrons. The summed E-state index contributed by atoms with van der Waals surface area (Å²) in [6.07, 6.45) is 1.33. The second-order valence-electron chi connectivity index (χ2n) is 8.82. The van der Waals surface area contributed by atoms with Gasteiger partial charge in [0.2, 0.25) is 0 Å². The number of benzene rings is 2. The van der Waals surface area contributed by atoms with Crippen molar-refractivity contribution in [2.75, 3.05) is 20.8 Å². The Hall–Kier alpha value is -3.22. The van der Waals surface area contributed by atoms with E-state index in [0.29, 0.717) is 18.7 Å². The molecule has 1 atom stereocenters. The van der Waals surface area contributed by atoms with Gasteiger partial charge in [0.25, 0.3) is 5.91 Å². The highest BCUT2D eigenvalue weighted by Gasteiger charge is 2.32. The van der Waals surface area contributed by atoms with Gasteiger partial charge in [0, 0.05) is 24.2 Å². The summed E-state index contributed by atoms with van der Waals surface area (Å²) in [5.41, 5.74) is 1.91. The zero-order valence-corrected chi connectivity index (χ0v) is 19.4. The van der Waals surface area contributed by atoms with Crippen LogP contribution < -0.4 is 14.8 Å². The van der Waals surface area contributed by atoms with E-state index in [-0.39, 0.29) is 11.9 Å². The molecular formula is C25H32N2O5. The third kappa shape index (κ3) is 5.72. The first-order chi connectivity index (χ1) is 15.2. The van der Waals surface area contributed by atoms with E-state index in [1.54, 1.807) is 26.4 Å². The molecule has 1 N–H and O–H groups in total. The third-order valence-corrected chi connectivity index (χ3v) is 5.35. The second kappa shape index (κ2) is 9.94. The molecule has 2 aromatic carbocycles. The lowest BCUT2D eigenvalue weighted by Gasteiger charge is -2.27. The fourth-order valence-corrected chi connectivity index (χ4v) is 3.85. The Balaban J connectivity index is 1.70. The number of nitrogens with zero attached hydrogens (tertiary/aromatic N) is 1. The van der Waals surface area contributed by atoms with Crippen molar-refractivity contribution in [2.45, 2.75) is 51.8 Å². The van der Waals surface area contributed by atoms with E-state index in [9.17, 15) is 9.59 Å². The summed E-state index contributed by atoms with van der Waals surface area (Å²) in [6.45, 7) is 6.47. The van der Waals surface area contributed by atoms with Gasteiger partial charge in [-0.2, -0.15) is 0 Å². The van der Waals surface area contributed by atoms with E-state index in [1.807, 2.05) is 56.0 Å². The van der Waals surface area contributed by atoms with Crippen molar-refractivity contribution >= 4 is 12.0 Å². The van der Waals surface area contributed by atoms with Crippen LogP contribution in [0.4, 0.5) is 4.79 Å². The fraction of sp³-hybridized carbons (Fsp3) is 0.440. The van der Waals surface area contributed by atoms with Gasteiger partial charge >= 0.3 is 6.09 Å². The summed E-state index contributed by atoms with van der Waals surface area (Å²) < 4.78 is 16.2. The second-order valence-corrected chi connectivity index (χ2v) is 8.82. The number of methoxy groups -OCH3 is 2. The monoisotopic (exact) mass is 440 g/mol. The molecule has 0 bridgehead atoms. The Labute approximate surface area is 189 Å². The van der Waals surface area contributed by atoms with Crippen molar-refractivity contribution in [1.82, 2.24) is 10.2 Å². The van der Waals surface area contributed by atoms with Crippen molar-refractivity contribution in [2.24, 2.45) is 0 Å². The average molecular weight is 441 g/mol. The number of carbonyl (C=O) groups is 2. The predicted octanol–water partition coefficient (Wildman–Crippen LogP) is 4.71. The number of hydrogen-bond acceptors (Lipinski definition) is 5. The maximum Gasteiger partial charge on any atom is 0.407 e. The highest BCUT2D eigenvalue weighted by atomic mass is 16.6. The summed E-state index contributed by atoms with van der Waals surface area (Å²) in [5.74, 6) is 1.46. The zero-order chi connectivity index (χ0) is 23.3.